The lowest BCUT2D eigenvalue weighted by atomic mass is 9.74. The van der Waals surface area contributed by atoms with Crippen molar-refractivity contribution in [3.05, 3.63) is 42.2 Å². The van der Waals surface area contributed by atoms with Gasteiger partial charge in [0.25, 0.3) is 0 Å². The topological polar surface area (TPSA) is 33.1 Å². The Morgan fingerprint density at radius 2 is 2.05 bits per heavy atom. The zero-order valence-corrected chi connectivity index (χ0v) is 11.5. The standard InChI is InChI=1S/C17H21NO/c1-2-17(9-3-4-10-17)16(19)14-7-5-6-13-8-11-18-12-15(13)14/h5-8,11-12,16,19H,2-4,9-10H2,1H3. The minimum atomic E-state index is -0.368. The highest BCUT2D eigenvalue weighted by atomic mass is 16.3. The molecule has 1 saturated carbocycles. The van der Waals surface area contributed by atoms with Crippen molar-refractivity contribution in [2.75, 3.05) is 0 Å². The summed E-state index contributed by atoms with van der Waals surface area (Å²) in [4.78, 5) is 4.22. The van der Waals surface area contributed by atoms with E-state index in [1.807, 2.05) is 24.5 Å². The van der Waals surface area contributed by atoms with E-state index >= 15 is 0 Å². The molecule has 19 heavy (non-hydrogen) atoms. The molecule has 2 aromatic rings. The maximum absolute atomic E-state index is 10.9. The fourth-order valence-corrected chi connectivity index (χ4v) is 3.60. The average Bonchev–Trinajstić information content (AvgIpc) is 2.96. The van der Waals surface area contributed by atoms with Crippen LogP contribution in [0, 0.1) is 5.41 Å². The largest absolute Gasteiger partial charge is 0.388 e. The van der Waals surface area contributed by atoms with E-state index in [-0.39, 0.29) is 11.5 Å². The van der Waals surface area contributed by atoms with Crippen LogP contribution < -0.4 is 0 Å². The number of hydrogen-bond acceptors (Lipinski definition) is 2. The van der Waals surface area contributed by atoms with Crippen LogP contribution >= 0.6 is 0 Å². The first-order chi connectivity index (χ1) is 9.27. The van der Waals surface area contributed by atoms with E-state index in [9.17, 15) is 5.11 Å². The lowest BCUT2D eigenvalue weighted by Gasteiger charge is -2.34. The first-order valence-electron chi connectivity index (χ1n) is 7.27. The summed E-state index contributed by atoms with van der Waals surface area (Å²) in [6.07, 6.45) is 9.14. The van der Waals surface area contributed by atoms with Crippen molar-refractivity contribution >= 4 is 10.8 Å². The molecular weight excluding hydrogens is 234 g/mol. The Morgan fingerprint density at radius 1 is 1.26 bits per heavy atom. The number of pyridine rings is 1. The monoisotopic (exact) mass is 255 g/mol. The Morgan fingerprint density at radius 3 is 2.79 bits per heavy atom. The molecule has 1 atom stereocenters. The quantitative estimate of drug-likeness (QED) is 0.890. The second kappa shape index (κ2) is 4.93. The number of fused-ring (bicyclic) bond motifs is 1. The highest BCUT2D eigenvalue weighted by Crippen LogP contribution is 2.50. The lowest BCUT2D eigenvalue weighted by molar-refractivity contribution is 0.0249. The number of benzene rings is 1. The molecule has 1 aromatic carbocycles. The Hall–Kier alpha value is -1.41. The number of aromatic nitrogens is 1. The van der Waals surface area contributed by atoms with Crippen molar-refractivity contribution in [1.82, 2.24) is 4.98 Å². The molecule has 1 heterocycles. The third-order valence-electron chi connectivity index (χ3n) is 4.90. The molecule has 1 unspecified atom stereocenters. The Balaban J connectivity index is 2.08. The van der Waals surface area contributed by atoms with E-state index in [0.29, 0.717) is 0 Å². The Bertz CT molecular complexity index is 567. The van der Waals surface area contributed by atoms with E-state index in [1.165, 1.54) is 12.8 Å². The van der Waals surface area contributed by atoms with Crippen LogP contribution in [0.25, 0.3) is 10.8 Å². The molecule has 1 aliphatic rings. The second-order valence-corrected chi connectivity index (χ2v) is 5.77. The van der Waals surface area contributed by atoms with Gasteiger partial charge in [0, 0.05) is 23.2 Å². The zero-order chi connectivity index (χ0) is 13.3. The summed E-state index contributed by atoms with van der Waals surface area (Å²) in [6.45, 7) is 2.21. The Kier molecular flexibility index (Phi) is 3.28. The minimum absolute atomic E-state index is 0.0735. The first kappa shape index (κ1) is 12.6. The van der Waals surface area contributed by atoms with E-state index in [0.717, 1.165) is 35.6 Å². The van der Waals surface area contributed by atoms with Gasteiger partial charge in [-0.25, -0.2) is 0 Å². The second-order valence-electron chi connectivity index (χ2n) is 5.77. The lowest BCUT2D eigenvalue weighted by Crippen LogP contribution is -2.25. The average molecular weight is 255 g/mol. The van der Waals surface area contributed by atoms with Crippen LogP contribution in [0.5, 0.6) is 0 Å². The van der Waals surface area contributed by atoms with Gasteiger partial charge in [-0.05, 0) is 36.3 Å². The van der Waals surface area contributed by atoms with Gasteiger partial charge in [0.2, 0.25) is 0 Å². The van der Waals surface area contributed by atoms with Gasteiger partial charge in [-0.15, -0.1) is 0 Å². The number of nitrogens with zero attached hydrogens (tertiary/aromatic N) is 1. The molecule has 0 aliphatic heterocycles. The molecule has 0 saturated heterocycles. The summed E-state index contributed by atoms with van der Waals surface area (Å²) >= 11 is 0. The molecule has 0 bridgehead atoms. The molecule has 100 valence electrons. The minimum Gasteiger partial charge on any atom is -0.388 e. The van der Waals surface area contributed by atoms with Gasteiger partial charge in [-0.1, -0.05) is 38.0 Å². The summed E-state index contributed by atoms with van der Waals surface area (Å²) in [5.41, 5.74) is 1.12. The molecule has 1 aliphatic carbocycles. The molecule has 1 aromatic heterocycles. The zero-order valence-electron chi connectivity index (χ0n) is 11.5. The van der Waals surface area contributed by atoms with Gasteiger partial charge >= 0.3 is 0 Å². The summed E-state index contributed by atoms with van der Waals surface area (Å²) < 4.78 is 0. The van der Waals surface area contributed by atoms with Crippen LogP contribution in [-0.4, -0.2) is 10.1 Å². The third kappa shape index (κ3) is 2.04. The molecule has 0 amide bonds. The number of rotatable bonds is 3. The highest BCUT2D eigenvalue weighted by Gasteiger charge is 2.40. The van der Waals surface area contributed by atoms with Crippen LogP contribution in [0.2, 0.25) is 0 Å². The van der Waals surface area contributed by atoms with E-state index < -0.39 is 0 Å². The van der Waals surface area contributed by atoms with Crippen LogP contribution in [0.4, 0.5) is 0 Å². The molecule has 3 rings (SSSR count). The van der Waals surface area contributed by atoms with Crippen LogP contribution in [-0.2, 0) is 0 Å². The summed E-state index contributed by atoms with van der Waals surface area (Å²) in [6, 6.07) is 8.20. The van der Waals surface area contributed by atoms with Crippen molar-refractivity contribution in [2.45, 2.75) is 45.1 Å². The predicted octanol–water partition coefficient (Wildman–Crippen LogP) is 4.24. The summed E-state index contributed by atoms with van der Waals surface area (Å²) in [5, 5.41) is 13.2. The SMILES string of the molecule is CCC1(C(O)c2cccc3ccncc23)CCCC1. The predicted molar refractivity (Wildman–Crippen MR) is 77.9 cm³/mol. The van der Waals surface area contributed by atoms with E-state index in [4.69, 9.17) is 0 Å². The number of hydrogen-bond donors (Lipinski definition) is 1. The van der Waals surface area contributed by atoms with Crippen molar-refractivity contribution < 1.29 is 5.11 Å². The maximum atomic E-state index is 10.9. The van der Waals surface area contributed by atoms with Crippen LogP contribution in [0.3, 0.4) is 0 Å². The van der Waals surface area contributed by atoms with Gasteiger partial charge in [-0.3, -0.25) is 4.98 Å². The van der Waals surface area contributed by atoms with Crippen molar-refractivity contribution in [3.8, 4) is 0 Å². The fraction of sp³-hybridized carbons (Fsp3) is 0.471. The molecule has 1 fully saturated rings. The normalized spacial score (nSPS) is 19.7. The third-order valence-corrected chi connectivity index (χ3v) is 4.90. The number of aliphatic hydroxyl groups is 1. The molecule has 0 radical (unpaired) electrons. The molecular formula is C17H21NO. The van der Waals surface area contributed by atoms with Crippen LogP contribution in [0.1, 0.15) is 50.7 Å². The molecule has 2 heteroatoms. The summed E-state index contributed by atoms with van der Waals surface area (Å²) in [7, 11) is 0. The van der Waals surface area contributed by atoms with E-state index in [2.05, 4.69) is 24.0 Å². The smallest absolute Gasteiger partial charge is 0.0852 e. The van der Waals surface area contributed by atoms with Gasteiger partial charge in [0.1, 0.15) is 0 Å². The van der Waals surface area contributed by atoms with Crippen molar-refractivity contribution in [3.63, 3.8) is 0 Å². The van der Waals surface area contributed by atoms with Crippen molar-refractivity contribution in [1.29, 1.82) is 0 Å². The van der Waals surface area contributed by atoms with Gasteiger partial charge in [0.05, 0.1) is 6.10 Å². The first-order valence-corrected chi connectivity index (χ1v) is 7.27. The fourth-order valence-electron chi connectivity index (χ4n) is 3.60. The molecule has 1 N–H and O–H groups in total. The summed E-state index contributed by atoms with van der Waals surface area (Å²) in [5.74, 6) is 0. The van der Waals surface area contributed by atoms with Gasteiger partial charge in [0.15, 0.2) is 0 Å². The van der Waals surface area contributed by atoms with Gasteiger partial charge in [-0.2, -0.15) is 0 Å². The molecule has 2 nitrogen and oxygen atoms in total. The molecule has 0 spiro atoms. The van der Waals surface area contributed by atoms with Gasteiger partial charge < -0.3 is 5.11 Å². The Labute approximate surface area is 114 Å². The highest BCUT2D eigenvalue weighted by molar-refractivity contribution is 5.85. The van der Waals surface area contributed by atoms with Crippen LogP contribution in [0.15, 0.2) is 36.7 Å². The number of aliphatic hydroxyl groups excluding tert-OH is 1. The maximum Gasteiger partial charge on any atom is 0.0852 e. The van der Waals surface area contributed by atoms with Crippen molar-refractivity contribution in [2.24, 2.45) is 5.41 Å². The van der Waals surface area contributed by atoms with E-state index in [1.54, 1.807) is 0 Å².